The maximum Gasteiger partial charge on any atom is 0.325 e. The summed E-state index contributed by atoms with van der Waals surface area (Å²) in [5.41, 5.74) is 5.83. The Kier molecular flexibility index (Phi) is 4.57. The molecule has 112 valence electrons. The molecule has 2 amide bonds. The van der Waals surface area contributed by atoms with E-state index in [-0.39, 0.29) is 30.7 Å². The molecular weight excluding hydrogens is 272 g/mol. The van der Waals surface area contributed by atoms with Crippen molar-refractivity contribution in [1.29, 1.82) is 0 Å². The minimum Gasteiger partial charge on any atom is -0.465 e. The first-order valence-corrected chi connectivity index (χ1v) is 6.89. The van der Waals surface area contributed by atoms with E-state index in [2.05, 4.69) is 0 Å². The minimum absolute atomic E-state index is 0.0686. The van der Waals surface area contributed by atoms with Gasteiger partial charge in [0.1, 0.15) is 6.54 Å². The molecule has 0 spiro atoms. The van der Waals surface area contributed by atoms with Crippen molar-refractivity contribution in [3.8, 4) is 0 Å². The summed E-state index contributed by atoms with van der Waals surface area (Å²) in [5, 5.41) is 0. The number of rotatable bonds is 6. The highest BCUT2D eigenvalue weighted by Gasteiger charge is 2.34. The average molecular weight is 290 g/mol. The van der Waals surface area contributed by atoms with Crippen molar-refractivity contribution in [3.05, 3.63) is 35.4 Å². The SMILES string of the molecule is CCOC(=O)CN(C(=O)c1cccc(C(N)=O)c1)C1CC1. The molecule has 0 heterocycles. The predicted molar refractivity (Wildman–Crippen MR) is 75.7 cm³/mol. The molecule has 6 nitrogen and oxygen atoms in total. The molecule has 0 bridgehead atoms. The zero-order chi connectivity index (χ0) is 15.4. The van der Waals surface area contributed by atoms with Crippen LogP contribution in [0.2, 0.25) is 0 Å². The molecule has 0 aromatic heterocycles. The van der Waals surface area contributed by atoms with Crippen LogP contribution in [-0.4, -0.2) is 41.9 Å². The summed E-state index contributed by atoms with van der Waals surface area (Å²) in [6.07, 6.45) is 1.75. The van der Waals surface area contributed by atoms with Gasteiger partial charge in [-0.05, 0) is 38.0 Å². The number of carbonyl (C=O) groups excluding carboxylic acids is 3. The third-order valence-electron chi connectivity index (χ3n) is 3.25. The van der Waals surface area contributed by atoms with Crippen LogP contribution in [0.15, 0.2) is 24.3 Å². The van der Waals surface area contributed by atoms with Crippen LogP contribution in [-0.2, 0) is 9.53 Å². The molecule has 1 aromatic rings. The summed E-state index contributed by atoms with van der Waals surface area (Å²) in [6, 6.07) is 6.27. The second-order valence-corrected chi connectivity index (χ2v) is 4.91. The van der Waals surface area contributed by atoms with Crippen LogP contribution in [0.4, 0.5) is 0 Å². The highest BCUT2D eigenvalue weighted by molar-refractivity contribution is 6.00. The number of primary amides is 1. The highest BCUT2D eigenvalue weighted by Crippen LogP contribution is 2.28. The van der Waals surface area contributed by atoms with Gasteiger partial charge in [0, 0.05) is 17.2 Å². The summed E-state index contributed by atoms with van der Waals surface area (Å²) < 4.78 is 4.89. The molecular formula is C15H18N2O4. The van der Waals surface area contributed by atoms with Crippen molar-refractivity contribution >= 4 is 17.8 Å². The van der Waals surface area contributed by atoms with E-state index in [9.17, 15) is 14.4 Å². The van der Waals surface area contributed by atoms with Crippen LogP contribution >= 0.6 is 0 Å². The van der Waals surface area contributed by atoms with Crippen LogP contribution in [0.5, 0.6) is 0 Å². The van der Waals surface area contributed by atoms with E-state index in [0.29, 0.717) is 5.56 Å². The normalized spacial score (nSPS) is 13.6. The van der Waals surface area contributed by atoms with Gasteiger partial charge in [0.25, 0.3) is 5.91 Å². The lowest BCUT2D eigenvalue weighted by Crippen LogP contribution is -2.38. The smallest absolute Gasteiger partial charge is 0.325 e. The van der Waals surface area contributed by atoms with Crippen molar-refractivity contribution < 1.29 is 19.1 Å². The molecule has 1 aliphatic carbocycles. The number of carbonyl (C=O) groups is 3. The number of nitrogens with two attached hydrogens (primary N) is 1. The number of hydrogen-bond donors (Lipinski definition) is 1. The van der Waals surface area contributed by atoms with Crippen molar-refractivity contribution in [3.63, 3.8) is 0 Å². The fraction of sp³-hybridized carbons (Fsp3) is 0.400. The number of amides is 2. The van der Waals surface area contributed by atoms with Crippen molar-refractivity contribution in [1.82, 2.24) is 4.90 Å². The Bertz CT molecular complexity index is 567. The van der Waals surface area contributed by atoms with Gasteiger partial charge >= 0.3 is 5.97 Å². The Labute approximate surface area is 122 Å². The van der Waals surface area contributed by atoms with Crippen LogP contribution < -0.4 is 5.73 Å². The van der Waals surface area contributed by atoms with Crippen molar-refractivity contribution in [2.24, 2.45) is 5.73 Å². The van der Waals surface area contributed by atoms with E-state index in [0.717, 1.165) is 12.8 Å². The van der Waals surface area contributed by atoms with Crippen LogP contribution in [0, 0.1) is 0 Å². The lowest BCUT2D eigenvalue weighted by atomic mass is 10.1. The monoisotopic (exact) mass is 290 g/mol. The number of benzene rings is 1. The molecule has 1 aliphatic rings. The molecule has 1 saturated carbocycles. The Balaban J connectivity index is 2.16. The maximum absolute atomic E-state index is 12.5. The van der Waals surface area contributed by atoms with Crippen molar-refractivity contribution in [2.75, 3.05) is 13.2 Å². The topological polar surface area (TPSA) is 89.7 Å². The molecule has 0 radical (unpaired) electrons. The molecule has 0 unspecified atom stereocenters. The highest BCUT2D eigenvalue weighted by atomic mass is 16.5. The molecule has 0 saturated heterocycles. The van der Waals surface area contributed by atoms with Gasteiger partial charge in [-0.1, -0.05) is 6.07 Å². The van der Waals surface area contributed by atoms with E-state index >= 15 is 0 Å². The zero-order valence-electron chi connectivity index (χ0n) is 11.9. The lowest BCUT2D eigenvalue weighted by molar-refractivity contribution is -0.144. The fourth-order valence-electron chi connectivity index (χ4n) is 2.07. The van der Waals surface area contributed by atoms with Gasteiger partial charge in [0.2, 0.25) is 5.91 Å². The number of nitrogens with zero attached hydrogens (tertiary/aromatic N) is 1. The van der Waals surface area contributed by atoms with Crippen LogP contribution in [0.25, 0.3) is 0 Å². The molecule has 21 heavy (non-hydrogen) atoms. The summed E-state index contributed by atoms with van der Waals surface area (Å²) in [5.74, 6) is -1.30. The Morgan fingerprint density at radius 1 is 1.29 bits per heavy atom. The van der Waals surface area contributed by atoms with E-state index in [1.54, 1.807) is 25.1 Å². The van der Waals surface area contributed by atoms with E-state index in [4.69, 9.17) is 10.5 Å². The lowest BCUT2D eigenvalue weighted by Gasteiger charge is -2.21. The molecule has 1 aromatic carbocycles. The van der Waals surface area contributed by atoms with Crippen LogP contribution in [0.1, 0.15) is 40.5 Å². The van der Waals surface area contributed by atoms with E-state index < -0.39 is 11.9 Å². The Morgan fingerprint density at radius 3 is 2.52 bits per heavy atom. The standard InChI is InChI=1S/C15H18N2O4/c1-2-21-13(18)9-17(12-6-7-12)15(20)11-5-3-4-10(8-11)14(16)19/h3-5,8,12H,2,6-7,9H2,1H3,(H2,16,19). The first-order chi connectivity index (χ1) is 10.0. The summed E-state index contributed by atoms with van der Waals surface area (Å²) >= 11 is 0. The summed E-state index contributed by atoms with van der Waals surface area (Å²) in [4.78, 5) is 36.8. The number of esters is 1. The third-order valence-corrected chi connectivity index (χ3v) is 3.25. The van der Waals surface area contributed by atoms with Gasteiger partial charge < -0.3 is 15.4 Å². The summed E-state index contributed by atoms with van der Waals surface area (Å²) in [6.45, 7) is 1.93. The zero-order valence-corrected chi connectivity index (χ0v) is 11.9. The van der Waals surface area contributed by atoms with Crippen LogP contribution in [0.3, 0.4) is 0 Å². The molecule has 0 atom stereocenters. The first-order valence-electron chi connectivity index (χ1n) is 6.89. The third kappa shape index (κ3) is 3.81. The van der Waals surface area contributed by atoms with Crippen molar-refractivity contribution in [2.45, 2.75) is 25.8 Å². The van der Waals surface area contributed by atoms with Gasteiger partial charge in [0.15, 0.2) is 0 Å². The van der Waals surface area contributed by atoms with Gasteiger partial charge in [-0.2, -0.15) is 0 Å². The van der Waals surface area contributed by atoms with Gasteiger partial charge in [-0.15, -0.1) is 0 Å². The average Bonchev–Trinajstić information content (AvgIpc) is 3.29. The number of ether oxygens (including phenoxy) is 1. The van der Waals surface area contributed by atoms with E-state index in [1.165, 1.54) is 11.0 Å². The number of hydrogen-bond acceptors (Lipinski definition) is 4. The minimum atomic E-state index is -0.590. The molecule has 0 aliphatic heterocycles. The molecule has 2 N–H and O–H groups in total. The molecule has 2 rings (SSSR count). The molecule has 6 heteroatoms. The van der Waals surface area contributed by atoms with Gasteiger partial charge in [-0.3, -0.25) is 14.4 Å². The Hall–Kier alpha value is -2.37. The second kappa shape index (κ2) is 6.39. The van der Waals surface area contributed by atoms with Gasteiger partial charge in [-0.25, -0.2) is 0 Å². The van der Waals surface area contributed by atoms with Gasteiger partial charge in [0.05, 0.1) is 6.61 Å². The quantitative estimate of drug-likeness (QED) is 0.790. The second-order valence-electron chi connectivity index (χ2n) is 4.91. The molecule has 1 fully saturated rings. The summed E-state index contributed by atoms with van der Waals surface area (Å²) in [7, 11) is 0. The Morgan fingerprint density at radius 2 is 1.95 bits per heavy atom. The first kappa shape index (κ1) is 15.0. The largest absolute Gasteiger partial charge is 0.465 e. The maximum atomic E-state index is 12.5. The van der Waals surface area contributed by atoms with E-state index in [1.807, 2.05) is 0 Å². The fourth-order valence-corrected chi connectivity index (χ4v) is 2.07. The predicted octanol–water partition coefficient (Wildman–Crippen LogP) is 0.953.